The van der Waals surface area contributed by atoms with Gasteiger partial charge >= 0.3 is 0 Å². The molecular formula is C14H10ClFO. The van der Waals surface area contributed by atoms with E-state index >= 15 is 0 Å². The van der Waals surface area contributed by atoms with Crippen LogP contribution in [0.3, 0.4) is 0 Å². The van der Waals surface area contributed by atoms with E-state index in [4.69, 9.17) is 16.3 Å². The highest BCUT2D eigenvalue weighted by atomic mass is 35.5. The van der Waals surface area contributed by atoms with E-state index < -0.39 is 0 Å². The first-order valence-electron chi connectivity index (χ1n) is 5.41. The molecule has 0 unspecified atom stereocenters. The zero-order valence-corrected chi connectivity index (χ0v) is 9.69. The molecule has 86 valence electrons. The Bertz CT molecular complexity index is 538. The first kappa shape index (κ1) is 10.8. The third kappa shape index (κ3) is 2.06. The van der Waals surface area contributed by atoms with Crippen molar-refractivity contribution in [3.63, 3.8) is 0 Å². The molecule has 1 heterocycles. The van der Waals surface area contributed by atoms with E-state index in [1.54, 1.807) is 12.1 Å². The summed E-state index contributed by atoms with van der Waals surface area (Å²) in [6.07, 6.45) is -0.221. The van der Waals surface area contributed by atoms with Gasteiger partial charge in [0.15, 0.2) is 0 Å². The Morgan fingerprint density at radius 1 is 0.941 bits per heavy atom. The average molecular weight is 249 g/mol. The molecule has 2 atom stereocenters. The van der Waals surface area contributed by atoms with Crippen molar-refractivity contribution < 1.29 is 9.13 Å². The van der Waals surface area contributed by atoms with Crippen molar-refractivity contribution in [2.45, 2.75) is 12.2 Å². The van der Waals surface area contributed by atoms with E-state index in [0.29, 0.717) is 10.6 Å². The molecule has 0 bridgehead atoms. The maximum Gasteiger partial charge on any atom is 0.129 e. The van der Waals surface area contributed by atoms with Gasteiger partial charge < -0.3 is 4.74 Å². The highest BCUT2D eigenvalue weighted by molar-refractivity contribution is 6.30. The minimum absolute atomic E-state index is 0.0517. The standard InChI is InChI=1S/C14H10ClFO/c15-10-7-5-9(6-8-10)13-14(17-13)11-3-1-2-4-12(11)16/h1-8,13-14H/t13-,14-/m0/s1. The zero-order valence-electron chi connectivity index (χ0n) is 8.94. The highest BCUT2D eigenvalue weighted by Crippen LogP contribution is 2.51. The third-order valence-electron chi connectivity index (χ3n) is 2.90. The molecule has 1 fully saturated rings. The Labute approximate surface area is 104 Å². The van der Waals surface area contributed by atoms with Crippen LogP contribution in [0.4, 0.5) is 4.39 Å². The molecule has 3 heteroatoms. The Hall–Kier alpha value is -1.38. The summed E-state index contributed by atoms with van der Waals surface area (Å²) in [5, 5.41) is 0.692. The van der Waals surface area contributed by atoms with Gasteiger partial charge in [0.25, 0.3) is 0 Å². The molecule has 17 heavy (non-hydrogen) atoms. The lowest BCUT2D eigenvalue weighted by molar-refractivity contribution is 0.373. The van der Waals surface area contributed by atoms with Gasteiger partial charge in [-0.25, -0.2) is 4.39 Å². The van der Waals surface area contributed by atoms with E-state index in [2.05, 4.69) is 0 Å². The summed E-state index contributed by atoms with van der Waals surface area (Å²) in [6.45, 7) is 0. The number of ether oxygens (including phenoxy) is 1. The molecule has 1 aliphatic heterocycles. The molecule has 0 amide bonds. The fraction of sp³-hybridized carbons (Fsp3) is 0.143. The first-order chi connectivity index (χ1) is 8.25. The zero-order chi connectivity index (χ0) is 11.8. The molecule has 0 aromatic heterocycles. The minimum atomic E-state index is -0.214. The predicted octanol–water partition coefficient (Wildman–Crippen LogP) is 4.29. The molecule has 0 aliphatic carbocycles. The van der Waals surface area contributed by atoms with Crippen LogP contribution in [0.2, 0.25) is 5.02 Å². The second kappa shape index (κ2) is 4.13. The number of epoxide rings is 1. The quantitative estimate of drug-likeness (QED) is 0.722. The predicted molar refractivity (Wildman–Crippen MR) is 64.4 cm³/mol. The average Bonchev–Trinajstić information content (AvgIpc) is 3.11. The van der Waals surface area contributed by atoms with Gasteiger partial charge in [0, 0.05) is 10.6 Å². The smallest absolute Gasteiger partial charge is 0.129 e. The molecule has 3 rings (SSSR count). The van der Waals surface area contributed by atoms with Crippen LogP contribution in [0, 0.1) is 5.82 Å². The molecule has 0 N–H and O–H groups in total. The van der Waals surface area contributed by atoms with Crippen LogP contribution in [0.5, 0.6) is 0 Å². The maximum atomic E-state index is 13.5. The Morgan fingerprint density at radius 2 is 1.65 bits per heavy atom. The van der Waals surface area contributed by atoms with Crippen molar-refractivity contribution in [1.29, 1.82) is 0 Å². The lowest BCUT2D eigenvalue weighted by Gasteiger charge is -1.98. The van der Waals surface area contributed by atoms with Crippen molar-refractivity contribution in [3.8, 4) is 0 Å². The number of benzene rings is 2. The fourth-order valence-electron chi connectivity index (χ4n) is 1.96. The molecule has 1 aliphatic rings. The molecule has 1 nitrogen and oxygen atoms in total. The second-order valence-corrected chi connectivity index (χ2v) is 4.49. The van der Waals surface area contributed by atoms with Gasteiger partial charge in [0.1, 0.15) is 18.0 Å². The van der Waals surface area contributed by atoms with E-state index in [1.807, 2.05) is 30.3 Å². The van der Waals surface area contributed by atoms with Gasteiger partial charge in [-0.1, -0.05) is 41.9 Å². The van der Waals surface area contributed by atoms with E-state index in [-0.39, 0.29) is 18.0 Å². The van der Waals surface area contributed by atoms with Crippen molar-refractivity contribution in [1.82, 2.24) is 0 Å². The maximum absolute atomic E-state index is 13.5. The van der Waals surface area contributed by atoms with Crippen molar-refractivity contribution in [3.05, 3.63) is 70.5 Å². The second-order valence-electron chi connectivity index (χ2n) is 4.05. The van der Waals surface area contributed by atoms with E-state index in [1.165, 1.54) is 6.07 Å². The summed E-state index contributed by atoms with van der Waals surface area (Å²) in [7, 11) is 0. The number of hydrogen-bond acceptors (Lipinski definition) is 1. The van der Waals surface area contributed by atoms with Crippen molar-refractivity contribution >= 4 is 11.6 Å². The van der Waals surface area contributed by atoms with E-state index in [9.17, 15) is 4.39 Å². The van der Waals surface area contributed by atoms with Gasteiger partial charge in [-0.05, 0) is 23.8 Å². The van der Waals surface area contributed by atoms with Crippen LogP contribution in [0.1, 0.15) is 23.3 Å². The van der Waals surface area contributed by atoms with Gasteiger partial charge in [-0.15, -0.1) is 0 Å². The molecule has 2 aromatic carbocycles. The summed E-state index contributed by atoms with van der Waals surface area (Å²) >= 11 is 5.81. The number of halogens is 2. The molecule has 1 saturated heterocycles. The Kier molecular flexibility index (Phi) is 2.61. The molecule has 0 radical (unpaired) electrons. The molecular weight excluding hydrogens is 239 g/mol. The lowest BCUT2D eigenvalue weighted by atomic mass is 10.0. The summed E-state index contributed by atoms with van der Waals surface area (Å²) in [5.74, 6) is -0.214. The summed E-state index contributed by atoms with van der Waals surface area (Å²) in [5.41, 5.74) is 1.65. The normalized spacial score (nSPS) is 22.5. The van der Waals surface area contributed by atoms with Gasteiger partial charge in [0.2, 0.25) is 0 Å². The monoisotopic (exact) mass is 248 g/mol. The summed E-state index contributed by atoms with van der Waals surface area (Å²) in [4.78, 5) is 0. The van der Waals surface area contributed by atoms with Gasteiger partial charge in [-0.3, -0.25) is 0 Å². The largest absolute Gasteiger partial charge is 0.359 e. The van der Waals surface area contributed by atoms with E-state index in [0.717, 1.165) is 5.56 Å². The Morgan fingerprint density at radius 3 is 2.35 bits per heavy atom. The van der Waals surface area contributed by atoms with Crippen LogP contribution in [0.15, 0.2) is 48.5 Å². The third-order valence-corrected chi connectivity index (χ3v) is 3.15. The first-order valence-corrected chi connectivity index (χ1v) is 5.79. The van der Waals surface area contributed by atoms with Gasteiger partial charge in [-0.2, -0.15) is 0 Å². The topological polar surface area (TPSA) is 12.5 Å². The van der Waals surface area contributed by atoms with Crippen molar-refractivity contribution in [2.75, 3.05) is 0 Å². The molecule has 0 spiro atoms. The van der Waals surface area contributed by atoms with Crippen LogP contribution in [-0.4, -0.2) is 0 Å². The minimum Gasteiger partial charge on any atom is -0.359 e. The number of hydrogen-bond donors (Lipinski definition) is 0. The molecule has 0 saturated carbocycles. The van der Waals surface area contributed by atoms with Crippen LogP contribution in [-0.2, 0) is 4.74 Å². The van der Waals surface area contributed by atoms with Crippen LogP contribution < -0.4 is 0 Å². The Balaban J connectivity index is 1.83. The summed E-state index contributed by atoms with van der Waals surface area (Å²) in [6, 6.07) is 14.2. The van der Waals surface area contributed by atoms with Crippen LogP contribution >= 0.6 is 11.6 Å². The number of rotatable bonds is 2. The van der Waals surface area contributed by atoms with Crippen LogP contribution in [0.25, 0.3) is 0 Å². The lowest BCUT2D eigenvalue weighted by Crippen LogP contribution is -1.88. The SMILES string of the molecule is Fc1ccccc1[C@@H]1O[C@H]1c1ccc(Cl)cc1. The van der Waals surface area contributed by atoms with Crippen molar-refractivity contribution in [2.24, 2.45) is 0 Å². The fourth-order valence-corrected chi connectivity index (χ4v) is 2.09. The highest BCUT2D eigenvalue weighted by Gasteiger charge is 2.42. The van der Waals surface area contributed by atoms with Gasteiger partial charge in [0.05, 0.1) is 0 Å². The molecule has 2 aromatic rings. The summed E-state index contributed by atoms with van der Waals surface area (Å²) < 4.78 is 19.1.